The van der Waals surface area contributed by atoms with Gasteiger partial charge in [-0.2, -0.15) is 0 Å². The Balaban J connectivity index is 1.03. The van der Waals surface area contributed by atoms with E-state index in [9.17, 15) is 0 Å². The summed E-state index contributed by atoms with van der Waals surface area (Å²) in [6, 6.07) is 86.7. The third-order valence-electron chi connectivity index (χ3n) is 16.1. The lowest BCUT2D eigenvalue weighted by molar-refractivity contribution is 0.550. The average molecular weight is 879 g/mol. The molecule has 2 heterocycles. The lowest BCUT2D eigenvalue weighted by Crippen LogP contribution is -2.20. The van der Waals surface area contributed by atoms with Crippen molar-refractivity contribution in [2.45, 2.75) is 31.1 Å². The van der Waals surface area contributed by atoms with Crippen molar-refractivity contribution in [3.63, 3.8) is 0 Å². The Kier molecular flexibility index (Phi) is 8.27. The molecule has 2 aromatic heterocycles. The second-order valence-corrected chi connectivity index (χ2v) is 19.5. The molecule has 0 atom stereocenters. The van der Waals surface area contributed by atoms with Crippen LogP contribution in [0.4, 0.5) is 0 Å². The van der Waals surface area contributed by atoms with Gasteiger partial charge in [0.05, 0.1) is 22.1 Å². The van der Waals surface area contributed by atoms with E-state index in [1.165, 1.54) is 158 Å². The molecule has 0 radical (unpaired) electrons. The Labute approximate surface area is 401 Å². The van der Waals surface area contributed by atoms with Crippen LogP contribution in [0.15, 0.2) is 231 Å². The molecule has 69 heavy (non-hydrogen) atoms. The van der Waals surface area contributed by atoms with E-state index in [0.717, 1.165) is 0 Å². The number of hydrogen-bond acceptors (Lipinski definition) is 0. The second kappa shape index (κ2) is 14.8. The van der Waals surface area contributed by atoms with Crippen LogP contribution in [0.2, 0.25) is 0 Å². The number of fused-ring (bicyclic) bond motifs is 13. The van der Waals surface area contributed by atoms with Gasteiger partial charge in [-0.15, -0.1) is 0 Å². The maximum atomic E-state index is 2.52. The molecule has 0 amide bonds. The van der Waals surface area contributed by atoms with Crippen molar-refractivity contribution in [3.8, 4) is 55.9 Å². The third-order valence-corrected chi connectivity index (χ3v) is 16.1. The van der Waals surface area contributed by atoms with Crippen LogP contribution in [0.5, 0.6) is 0 Å². The van der Waals surface area contributed by atoms with E-state index in [4.69, 9.17) is 0 Å². The SMILES string of the molecule is c1ccc(-n2c3ccccc3c3cc(-c4cccc5c(-c6cccc7c6-c6ccccc6C76CCCC6)c6cccc(-c7ccc8c(c7)c7ccccc7n8-c7ccccc7)c6cc45)ccc32)cc1. The minimum Gasteiger partial charge on any atom is -0.309 e. The zero-order valence-corrected chi connectivity index (χ0v) is 38.2. The van der Waals surface area contributed by atoms with Crippen LogP contribution in [0.1, 0.15) is 36.8 Å². The van der Waals surface area contributed by atoms with Crippen LogP contribution in [0.25, 0.3) is 121 Å². The van der Waals surface area contributed by atoms with Crippen LogP contribution in [0.3, 0.4) is 0 Å². The summed E-state index contributed by atoms with van der Waals surface area (Å²) in [7, 11) is 0. The molecule has 2 aliphatic carbocycles. The first-order valence-electron chi connectivity index (χ1n) is 24.6. The number of aromatic nitrogens is 2. The molecule has 15 rings (SSSR count). The molecular weight excluding hydrogens is 833 g/mol. The van der Waals surface area contributed by atoms with E-state index in [1.54, 1.807) is 0 Å². The molecule has 0 aliphatic heterocycles. The zero-order valence-electron chi connectivity index (χ0n) is 38.2. The molecule has 13 aromatic rings. The van der Waals surface area contributed by atoms with E-state index in [1.807, 2.05) is 0 Å². The fourth-order valence-electron chi connectivity index (χ4n) is 13.2. The van der Waals surface area contributed by atoms with Gasteiger partial charge in [-0.3, -0.25) is 0 Å². The van der Waals surface area contributed by atoms with E-state index in [-0.39, 0.29) is 5.41 Å². The summed E-state index contributed by atoms with van der Waals surface area (Å²) in [6.07, 6.45) is 4.95. The van der Waals surface area contributed by atoms with Crippen molar-refractivity contribution in [2.24, 2.45) is 0 Å². The largest absolute Gasteiger partial charge is 0.309 e. The topological polar surface area (TPSA) is 9.86 Å². The van der Waals surface area contributed by atoms with Gasteiger partial charge >= 0.3 is 0 Å². The summed E-state index contributed by atoms with van der Waals surface area (Å²) in [5.74, 6) is 0. The van der Waals surface area contributed by atoms with Crippen molar-refractivity contribution in [2.75, 3.05) is 0 Å². The monoisotopic (exact) mass is 878 g/mol. The predicted molar refractivity (Wildman–Crippen MR) is 291 cm³/mol. The van der Waals surface area contributed by atoms with E-state index in [0.29, 0.717) is 0 Å². The second-order valence-electron chi connectivity index (χ2n) is 19.5. The maximum Gasteiger partial charge on any atom is 0.0541 e. The first-order chi connectivity index (χ1) is 34.2. The third kappa shape index (κ3) is 5.49. The molecule has 2 aliphatic rings. The van der Waals surface area contributed by atoms with Gasteiger partial charge < -0.3 is 9.13 Å². The number of rotatable bonds is 5. The molecule has 1 saturated carbocycles. The molecule has 0 unspecified atom stereocenters. The smallest absolute Gasteiger partial charge is 0.0541 e. The van der Waals surface area contributed by atoms with Crippen molar-refractivity contribution in [1.82, 2.24) is 9.13 Å². The summed E-state index contributed by atoms with van der Waals surface area (Å²) in [4.78, 5) is 0. The fourth-order valence-corrected chi connectivity index (χ4v) is 13.2. The van der Waals surface area contributed by atoms with E-state index < -0.39 is 0 Å². The molecule has 1 spiro atoms. The Morgan fingerprint density at radius 2 is 0.710 bits per heavy atom. The Bertz CT molecular complexity index is 4020. The minimum absolute atomic E-state index is 0.0708. The highest BCUT2D eigenvalue weighted by atomic mass is 15.0. The van der Waals surface area contributed by atoms with Gasteiger partial charge in [0.1, 0.15) is 0 Å². The molecule has 1 fully saturated rings. The Morgan fingerprint density at radius 1 is 0.275 bits per heavy atom. The van der Waals surface area contributed by atoms with Gasteiger partial charge in [0.15, 0.2) is 0 Å². The quantitative estimate of drug-likeness (QED) is 0.152. The standard InChI is InChI=1S/C67H46N2/c1-3-18-45(19-4-1)68-61-32-11-8-22-49(61)57-40-43(34-36-63(57)68)47-25-15-27-51-55(47)42-56-48(44-35-37-64-58(41-44)50-23-9-12-33-62(50)69(64)46-20-5-2-6-21-46)26-16-28-52(56)65(51)54-29-17-31-60-66(54)53-24-7-10-30-59(53)67(60)38-13-14-39-67/h1-12,15-37,40-42H,13-14,38-39H2. The van der Waals surface area contributed by atoms with Crippen LogP contribution in [-0.4, -0.2) is 9.13 Å². The normalized spacial score (nSPS) is 14.0. The van der Waals surface area contributed by atoms with E-state index in [2.05, 4.69) is 240 Å². The molecule has 2 nitrogen and oxygen atoms in total. The molecule has 11 aromatic carbocycles. The van der Waals surface area contributed by atoms with Crippen molar-refractivity contribution in [1.29, 1.82) is 0 Å². The fraction of sp³-hybridized carbons (Fsp3) is 0.0746. The van der Waals surface area contributed by atoms with Gasteiger partial charge in [-0.25, -0.2) is 0 Å². The van der Waals surface area contributed by atoms with Crippen LogP contribution in [0, 0.1) is 0 Å². The average Bonchev–Trinajstić information content (AvgIpc) is 4.19. The van der Waals surface area contributed by atoms with Crippen LogP contribution < -0.4 is 0 Å². The molecule has 0 saturated heterocycles. The molecule has 0 N–H and O–H groups in total. The lowest BCUT2D eigenvalue weighted by Gasteiger charge is -2.27. The first kappa shape index (κ1) is 38.6. The number of benzene rings is 11. The Hall–Kier alpha value is -8.46. The summed E-state index contributed by atoms with van der Waals surface area (Å²) < 4.78 is 4.82. The molecule has 324 valence electrons. The zero-order chi connectivity index (χ0) is 45.2. The summed E-state index contributed by atoms with van der Waals surface area (Å²) in [5, 5.41) is 10.1. The van der Waals surface area contributed by atoms with Crippen molar-refractivity contribution >= 4 is 65.2 Å². The molecule has 2 heteroatoms. The number of hydrogen-bond donors (Lipinski definition) is 0. The van der Waals surface area contributed by atoms with Crippen LogP contribution >= 0.6 is 0 Å². The summed E-state index contributed by atoms with van der Waals surface area (Å²) in [6.45, 7) is 0. The van der Waals surface area contributed by atoms with Crippen molar-refractivity contribution < 1.29 is 0 Å². The maximum absolute atomic E-state index is 2.52. The highest BCUT2D eigenvalue weighted by Gasteiger charge is 2.45. The van der Waals surface area contributed by atoms with Crippen LogP contribution in [-0.2, 0) is 5.41 Å². The summed E-state index contributed by atoms with van der Waals surface area (Å²) in [5.41, 5.74) is 20.7. The molecular formula is C67H46N2. The van der Waals surface area contributed by atoms with Gasteiger partial charge in [0.2, 0.25) is 0 Å². The Morgan fingerprint density at radius 3 is 1.29 bits per heavy atom. The van der Waals surface area contributed by atoms with Gasteiger partial charge in [-0.05, 0) is 157 Å². The van der Waals surface area contributed by atoms with E-state index >= 15 is 0 Å². The number of nitrogens with zero attached hydrogens (tertiary/aromatic N) is 2. The minimum atomic E-state index is 0.0708. The number of para-hydroxylation sites is 4. The first-order valence-corrected chi connectivity index (χ1v) is 24.6. The predicted octanol–water partition coefficient (Wildman–Crippen LogP) is 18.0. The van der Waals surface area contributed by atoms with Gasteiger partial charge in [0.25, 0.3) is 0 Å². The highest BCUT2D eigenvalue weighted by molar-refractivity contribution is 6.22. The highest BCUT2D eigenvalue weighted by Crippen LogP contribution is 2.60. The van der Waals surface area contributed by atoms with Crippen molar-refractivity contribution in [3.05, 3.63) is 242 Å². The molecule has 0 bridgehead atoms. The lowest BCUT2D eigenvalue weighted by atomic mass is 9.76. The summed E-state index contributed by atoms with van der Waals surface area (Å²) >= 11 is 0. The van der Waals surface area contributed by atoms with Gasteiger partial charge in [-0.1, -0.05) is 177 Å². The van der Waals surface area contributed by atoms with Gasteiger partial charge in [0, 0.05) is 38.3 Å².